The predicted molar refractivity (Wildman–Crippen MR) is 79.6 cm³/mol. The highest BCUT2D eigenvalue weighted by atomic mass is 35.5. The van der Waals surface area contributed by atoms with Gasteiger partial charge in [0, 0.05) is 19.0 Å². The lowest BCUT2D eigenvalue weighted by molar-refractivity contribution is -0.121. The highest BCUT2D eigenvalue weighted by Crippen LogP contribution is 2.29. The molecule has 21 heavy (non-hydrogen) atoms. The number of hydrogen-bond donors (Lipinski definition) is 2. The number of para-hydroxylation sites is 1. The smallest absolute Gasteiger partial charge is 0.247 e. The molecule has 0 spiro atoms. The van der Waals surface area contributed by atoms with Gasteiger partial charge in [0.2, 0.25) is 5.91 Å². The fourth-order valence-corrected chi connectivity index (χ4v) is 2.55. The molecule has 3 N–H and O–H groups in total. The Morgan fingerprint density at radius 3 is 3.05 bits per heavy atom. The largest absolute Gasteiger partial charge is 0.379 e. The summed E-state index contributed by atoms with van der Waals surface area (Å²) in [5.74, 6) is -0.274. The molecule has 0 aliphatic carbocycles. The van der Waals surface area contributed by atoms with Crippen LogP contribution >= 0.6 is 11.6 Å². The molecular formula is C14H15ClN4O2. The molecule has 1 aliphatic heterocycles. The van der Waals surface area contributed by atoms with E-state index >= 15 is 0 Å². The predicted octanol–water partition coefficient (Wildman–Crippen LogP) is 1.58. The number of nitrogens with two attached hydrogens (primary N) is 1. The molecule has 1 unspecified atom stereocenters. The number of hydrogen-bond acceptors (Lipinski definition) is 4. The molecule has 6 nitrogen and oxygen atoms in total. The molecule has 1 aromatic carbocycles. The van der Waals surface area contributed by atoms with Crippen LogP contribution in [0.2, 0.25) is 5.02 Å². The quantitative estimate of drug-likeness (QED) is 0.902. The van der Waals surface area contributed by atoms with Crippen LogP contribution in [0.1, 0.15) is 6.42 Å². The first kappa shape index (κ1) is 14.1. The third-order valence-corrected chi connectivity index (χ3v) is 3.81. The van der Waals surface area contributed by atoms with E-state index in [0.29, 0.717) is 29.4 Å². The maximum atomic E-state index is 12.4. The Morgan fingerprint density at radius 2 is 2.38 bits per heavy atom. The van der Waals surface area contributed by atoms with E-state index in [4.69, 9.17) is 22.1 Å². The third-order valence-electron chi connectivity index (χ3n) is 3.50. The van der Waals surface area contributed by atoms with E-state index in [-0.39, 0.29) is 12.5 Å². The Labute approximate surface area is 126 Å². The lowest BCUT2D eigenvalue weighted by Gasteiger charge is -2.22. The highest BCUT2D eigenvalue weighted by Gasteiger charge is 2.38. The van der Waals surface area contributed by atoms with Crippen molar-refractivity contribution in [3.05, 3.63) is 41.9 Å². The van der Waals surface area contributed by atoms with Crippen molar-refractivity contribution in [2.45, 2.75) is 12.0 Å². The number of nitrogens with zero attached hydrogens (tertiary/aromatic N) is 2. The van der Waals surface area contributed by atoms with E-state index in [2.05, 4.69) is 10.3 Å². The Balaban J connectivity index is 1.93. The normalized spacial score (nSPS) is 21.4. The van der Waals surface area contributed by atoms with E-state index in [0.717, 1.165) is 0 Å². The summed E-state index contributed by atoms with van der Waals surface area (Å²) in [6.45, 7) is 0.716. The van der Waals surface area contributed by atoms with Crippen molar-refractivity contribution in [2.24, 2.45) is 5.73 Å². The monoisotopic (exact) mass is 306 g/mol. The molecule has 0 saturated carbocycles. The van der Waals surface area contributed by atoms with Gasteiger partial charge in [-0.15, -0.1) is 0 Å². The van der Waals surface area contributed by atoms with Gasteiger partial charge in [0.15, 0.2) is 0 Å². The Kier molecular flexibility index (Phi) is 3.67. The van der Waals surface area contributed by atoms with Crippen LogP contribution in [0.5, 0.6) is 0 Å². The van der Waals surface area contributed by atoms with Crippen molar-refractivity contribution in [3.8, 4) is 5.69 Å². The Morgan fingerprint density at radius 1 is 1.52 bits per heavy atom. The second kappa shape index (κ2) is 5.48. The molecule has 1 atom stereocenters. The Bertz CT molecular complexity index is 651. The van der Waals surface area contributed by atoms with Gasteiger partial charge in [-0.3, -0.25) is 4.79 Å². The molecule has 0 bridgehead atoms. The zero-order valence-electron chi connectivity index (χ0n) is 11.3. The number of carbonyl (C=O) groups excluding carboxylic acids is 1. The van der Waals surface area contributed by atoms with Crippen LogP contribution in [-0.2, 0) is 9.53 Å². The average Bonchev–Trinajstić information content (AvgIpc) is 3.11. The first-order valence-electron chi connectivity index (χ1n) is 6.55. The maximum absolute atomic E-state index is 12.4. The first-order valence-corrected chi connectivity index (χ1v) is 6.93. The zero-order chi connectivity index (χ0) is 14.9. The van der Waals surface area contributed by atoms with Crippen LogP contribution in [0.15, 0.2) is 36.9 Å². The van der Waals surface area contributed by atoms with Gasteiger partial charge in [-0.05, 0) is 18.6 Å². The fourth-order valence-electron chi connectivity index (χ4n) is 2.28. The lowest BCUT2D eigenvalue weighted by Crippen LogP contribution is -2.51. The minimum absolute atomic E-state index is 0.222. The zero-order valence-corrected chi connectivity index (χ0v) is 12.0. The maximum Gasteiger partial charge on any atom is 0.247 e. The number of aromatic nitrogens is 2. The highest BCUT2D eigenvalue weighted by molar-refractivity contribution is 6.33. The van der Waals surface area contributed by atoms with Gasteiger partial charge in [-0.2, -0.15) is 0 Å². The molecule has 2 aromatic rings. The molecule has 2 heterocycles. The van der Waals surface area contributed by atoms with Crippen molar-refractivity contribution in [1.82, 2.24) is 9.55 Å². The molecule has 1 aromatic heterocycles. The average molecular weight is 307 g/mol. The van der Waals surface area contributed by atoms with Crippen LogP contribution in [0.25, 0.3) is 5.69 Å². The molecule has 1 amide bonds. The minimum atomic E-state index is -0.992. The van der Waals surface area contributed by atoms with Gasteiger partial charge in [-0.1, -0.05) is 17.7 Å². The topological polar surface area (TPSA) is 82.2 Å². The first-order chi connectivity index (χ1) is 10.1. The van der Waals surface area contributed by atoms with Crippen LogP contribution in [0.4, 0.5) is 5.69 Å². The summed E-state index contributed by atoms with van der Waals surface area (Å²) in [5.41, 5.74) is 6.32. The summed E-state index contributed by atoms with van der Waals surface area (Å²) in [6, 6.07) is 5.30. The number of carbonyl (C=O) groups is 1. The van der Waals surface area contributed by atoms with Gasteiger partial charge in [-0.25, -0.2) is 4.98 Å². The standard InChI is InChI=1S/C14H15ClN4O2/c15-10-2-1-3-11(12(10)19-6-5-17-9-19)18-13(20)14(16)4-7-21-8-14/h1-3,5-6,9H,4,7-8,16H2,(H,18,20). The summed E-state index contributed by atoms with van der Waals surface area (Å²) >= 11 is 6.24. The van der Waals surface area contributed by atoms with E-state index in [9.17, 15) is 4.79 Å². The SMILES string of the molecule is NC1(C(=O)Nc2cccc(Cl)c2-n2ccnc2)CCOC1. The van der Waals surface area contributed by atoms with Crippen molar-refractivity contribution in [1.29, 1.82) is 0 Å². The summed E-state index contributed by atoms with van der Waals surface area (Å²) in [6.07, 6.45) is 5.52. The van der Waals surface area contributed by atoms with E-state index < -0.39 is 5.54 Å². The van der Waals surface area contributed by atoms with Gasteiger partial charge in [0.25, 0.3) is 0 Å². The van der Waals surface area contributed by atoms with Crippen molar-refractivity contribution in [3.63, 3.8) is 0 Å². The number of imidazole rings is 1. The molecule has 3 rings (SSSR count). The molecule has 7 heteroatoms. The van der Waals surface area contributed by atoms with E-state index in [1.165, 1.54) is 0 Å². The second-order valence-electron chi connectivity index (χ2n) is 5.02. The molecule has 0 radical (unpaired) electrons. The number of anilines is 1. The number of nitrogens with one attached hydrogen (secondary N) is 1. The van der Waals surface area contributed by atoms with E-state index in [1.54, 1.807) is 41.5 Å². The molecule has 1 aliphatic rings. The van der Waals surface area contributed by atoms with Crippen molar-refractivity contribution in [2.75, 3.05) is 18.5 Å². The van der Waals surface area contributed by atoms with Crippen LogP contribution in [-0.4, -0.2) is 34.2 Å². The van der Waals surface area contributed by atoms with Gasteiger partial charge < -0.3 is 20.4 Å². The number of benzene rings is 1. The fraction of sp³-hybridized carbons (Fsp3) is 0.286. The second-order valence-corrected chi connectivity index (χ2v) is 5.43. The van der Waals surface area contributed by atoms with Crippen LogP contribution < -0.4 is 11.1 Å². The van der Waals surface area contributed by atoms with Gasteiger partial charge in [0.05, 0.1) is 29.3 Å². The van der Waals surface area contributed by atoms with Gasteiger partial charge in [0.1, 0.15) is 5.54 Å². The molecule has 1 saturated heterocycles. The van der Waals surface area contributed by atoms with Gasteiger partial charge >= 0.3 is 0 Å². The third kappa shape index (κ3) is 2.65. The molecule has 110 valence electrons. The minimum Gasteiger partial charge on any atom is -0.379 e. The number of ether oxygens (including phenoxy) is 1. The van der Waals surface area contributed by atoms with Crippen molar-refractivity contribution < 1.29 is 9.53 Å². The van der Waals surface area contributed by atoms with Crippen LogP contribution in [0, 0.1) is 0 Å². The molecular weight excluding hydrogens is 292 g/mol. The van der Waals surface area contributed by atoms with E-state index in [1.807, 2.05) is 0 Å². The Hall–Kier alpha value is -1.89. The number of amides is 1. The number of rotatable bonds is 3. The summed E-state index contributed by atoms with van der Waals surface area (Å²) < 4.78 is 6.96. The summed E-state index contributed by atoms with van der Waals surface area (Å²) in [7, 11) is 0. The number of halogens is 1. The van der Waals surface area contributed by atoms with Crippen LogP contribution in [0.3, 0.4) is 0 Å². The lowest BCUT2D eigenvalue weighted by atomic mass is 9.99. The summed E-state index contributed by atoms with van der Waals surface area (Å²) in [5, 5.41) is 3.36. The summed E-state index contributed by atoms with van der Waals surface area (Å²) in [4.78, 5) is 16.4. The molecule has 1 fully saturated rings. The van der Waals surface area contributed by atoms with Crippen molar-refractivity contribution >= 4 is 23.2 Å².